The van der Waals surface area contributed by atoms with E-state index in [4.69, 9.17) is 5.11 Å². The van der Waals surface area contributed by atoms with Crippen LogP contribution in [0.5, 0.6) is 0 Å². The molecule has 1 atom stereocenters. The molecule has 0 radical (unpaired) electrons. The second-order valence-electron chi connectivity index (χ2n) is 10.1. The number of nitrogens with zero attached hydrogens (tertiary/aromatic N) is 5. The van der Waals surface area contributed by atoms with Gasteiger partial charge in [-0.3, -0.25) is 19.4 Å². The van der Waals surface area contributed by atoms with Gasteiger partial charge in [-0.2, -0.15) is 0 Å². The van der Waals surface area contributed by atoms with Gasteiger partial charge in [0, 0.05) is 45.0 Å². The zero-order valence-corrected chi connectivity index (χ0v) is 21.1. The normalized spacial score (nSPS) is 18.9. The summed E-state index contributed by atoms with van der Waals surface area (Å²) in [6.45, 7) is 4.18. The van der Waals surface area contributed by atoms with Crippen LogP contribution < -0.4 is 20.7 Å². The van der Waals surface area contributed by atoms with Crippen molar-refractivity contribution < 1.29 is 14.7 Å². The lowest BCUT2D eigenvalue weighted by molar-refractivity contribution is -0.137. The highest BCUT2D eigenvalue weighted by molar-refractivity contribution is 5.93. The van der Waals surface area contributed by atoms with Crippen LogP contribution in [0.3, 0.4) is 0 Å². The van der Waals surface area contributed by atoms with Crippen molar-refractivity contribution in [3.8, 4) is 0 Å². The Labute approximate surface area is 211 Å². The largest absolute Gasteiger partial charge is 0.480 e. The molecule has 0 aliphatic carbocycles. The van der Waals surface area contributed by atoms with Crippen LogP contribution in [0.4, 0.5) is 17.1 Å². The molecule has 2 aliphatic heterocycles. The second-order valence-corrected chi connectivity index (χ2v) is 10.1. The van der Waals surface area contributed by atoms with Crippen LogP contribution in [0.2, 0.25) is 0 Å². The van der Waals surface area contributed by atoms with Gasteiger partial charge in [0.15, 0.2) is 0 Å². The predicted octanol–water partition coefficient (Wildman–Crippen LogP) is 1.96. The molecule has 1 unspecified atom stereocenters. The average molecular weight is 497 g/mol. The number of carbonyl (C=O) groups is 2. The summed E-state index contributed by atoms with van der Waals surface area (Å²) in [6.07, 6.45) is 9.17. The number of carboxylic acids is 1. The summed E-state index contributed by atoms with van der Waals surface area (Å²) in [4.78, 5) is 47.3. The molecule has 2 aromatic rings. The first-order valence-corrected chi connectivity index (χ1v) is 12.6. The molecule has 2 aromatic heterocycles. The number of pyridine rings is 2. The Balaban J connectivity index is 1.38. The minimum Gasteiger partial charge on any atom is -0.480 e. The molecular weight excluding hydrogens is 460 g/mol. The predicted molar refractivity (Wildman–Crippen MR) is 140 cm³/mol. The number of carboxylic acid groups (broad SMARTS) is 1. The van der Waals surface area contributed by atoms with Crippen LogP contribution >= 0.6 is 0 Å². The van der Waals surface area contributed by atoms with Crippen molar-refractivity contribution in [3.63, 3.8) is 0 Å². The third-order valence-electron chi connectivity index (χ3n) is 7.03. The van der Waals surface area contributed by atoms with Crippen LogP contribution in [0.15, 0.2) is 41.6 Å². The van der Waals surface area contributed by atoms with Crippen molar-refractivity contribution in [2.75, 3.05) is 61.9 Å². The lowest BCUT2D eigenvalue weighted by atomic mass is 9.95. The Morgan fingerprint density at radius 3 is 2.50 bits per heavy atom. The van der Waals surface area contributed by atoms with Gasteiger partial charge in [-0.15, -0.1) is 0 Å². The van der Waals surface area contributed by atoms with E-state index in [-0.39, 0.29) is 11.8 Å². The van der Waals surface area contributed by atoms with E-state index in [1.165, 1.54) is 31.2 Å². The van der Waals surface area contributed by atoms with Gasteiger partial charge in [0.2, 0.25) is 5.91 Å². The zero-order valence-electron chi connectivity index (χ0n) is 21.1. The van der Waals surface area contributed by atoms with Crippen molar-refractivity contribution in [1.29, 1.82) is 0 Å². The fraction of sp³-hybridized carbons (Fsp3) is 0.538. The van der Waals surface area contributed by atoms with Gasteiger partial charge < -0.3 is 29.7 Å². The van der Waals surface area contributed by atoms with Crippen LogP contribution in [0.25, 0.3) is 0 Å². The highest BCUT2D eigenvalue weighted by Crippen LogP contribution is 2.29. The van der Waals surface area contributed by atoms with Crippen molar-refractivity contribution in [2.24, 2.45) is 11.8 Å². The Hall–Kier alpha value is -3.40. The summed E-state index contributed by atoms with van der Waals surface area (Å²) in [5.74, 6) is -0.731. The first-order chi connectivity index (χ1) is 17.3. The fourth-order valence-corrected chi connectivity index (χ4v) is 5.20. The van der Waals surface area contributed by atoms with Gasteiger partial charge in [0.25, 0.3) is 5.56 Å². The third-order valence-corrected chi connectivity index (χ3v) is 7.03. The van der Waals surface area contributed by atoms with Crippen LogP contribution in [0, 0.1) is 11.8 Å². The van der Waals surface area contributed by atoms with E-state index < -0.39 is 18.1 Å². The summed E-state index contributed by atoms with van der Waals surface area (Å²) < 4.78 is 1.07. The topological polar surface area (TPSA) is 111 Å². The molecule has 2 aliphatic rings. The van der Waals surface area contributed by atoms with Gasteiger partial charge >= 0.3 is 5.97 Å². The summed E-state index contributed by atoms with van der Waals surface area (Å²) in [5, 5.41) is 11.8. The van der Waals surface area contributed by atoms with E-state index in [0.717, 1.165) is 60.9 Å². The number of hydrogen-bond acceptors (Lipinski definition) is 7. The quantitative estimate of drug-likeness (QED) is 0.571. The van der Waals surface area contributed by atoms with E-state index in [0.29, 0.717) is 12.2 Å². The molecule has 2 saturated heterocycles. The number of aliphatic carboxylic acids is 1. The number of nitrogens with one attached hydrogen (secondary N) is 1. The van der Waals surface area contributed by atoms with Crippen molar-refractivity contribution in [1.82, 2.24) is 14.5 Å². The van der Waals surface area contributed by atoms with Crippen molar-refractivity contribution >= 4 is 28.9 Å². The first-order valence-electron chi connectivity index (χ1n) is 12.6. The number of hydrogen-bond donors (Lipinski definition) is 2. The Kier molecular flexibility index (Phi) is 8.25. The highest BCUT2D eigenvalue weighted by atomic mass is 16.4. The molecule has 0 spiro atoms. The maximum absolute atomic E-state index is 13.0. The highest BCUT2D eigenvalue weighted by Gasteiger charge is 2.27. The summed E-state index contributed by atoms with van der Waals surface area (Å²) in [7, 11) is 4.26. The molecule has 4 rings (SSSR count). The van der Waals surface area contributed by atoms with E-state index in [1.807, 2.05) is 12.4 Å². The van der Waals surface area contributed by atoms with Crippen LogP contribution in [0.1, 0.15) is 25.7 Å². The Morgan fingerprint density at radius 1 is 1.08 bits per heavy atom. The van der Waals surface area contributed by atoms with Crippen LogP contribution in [-0.4, -0.2) is 78.3 Å². The number of piperidine rings is 2. The minimum absolute atomic E-state index is 0.132. The van der Waals surface area contributed by atoms with Crippen molar-refractivity contribution in [2.45, 2.75) is 32.2 Å². The molecule has 1 amide bonds. The van der Waals surface area contributed by atoms with Gasteiger partial charge in [-0.05, 0) is 57.8 Å². The van der Waals surface area contributed by atoms with E-state index in [2.05, 4.69) is 45.2 Å². The molecule has 10 heteroatoms. The first kappa shape index (κ1) is 25.7. The molecule has 0 aromatic carbocycles. The second kappa shape index (κ2) is 11.6. The smallest absolute Gasteiger partial charge is 0.323 e. The Bertz CT molecular complexity index is 1130. The lowest BCUT2D eigenvalue weighted by Crippen LogP contribution is -2.41. The third kappa shape index (κ3) is 6.63. The molecule has 0 saturated carbocycles. The number of anilines is 3. The standard InChI is InChI=1S/C26H36N6O4/c1-29(2)15-19-7-10-30(11-8-19)22-12-23(14-27-13-22)31-9-3-4-20(16-31)26(36)28-21-5-6-24(33)32(17-21)18-25(34)35/h5-6,12-14,17,19-20H,3-4,7-11,15-16,18H2,1-2H3,(H,28,36)(H,34,35). The molecule has 2 N–H and O–H groups in total. The molecule has 194 valence electrons. The molecule has 0 bridgehead atoms. The molecule has 4 heterocycles. The Morgan fingerprint density at radius 2 is 1.81 bits per heavy atom. The minimum atomic E-state index is -1.11. The van der Waals surface area contributed by atoms with Crippen LogP contribution in [-0.2, 0) is 16.1 Å². The van der Waals surface area contributed by atoms with E-state index in [9.17, 15) is 14.4 Å². The monoisotopic (exact) mass is 496 g/mol. The summed E-state index contributed by atoms with van der Waals surface area (Å²) >= 11 is 0. The number of carbonyl (C=O) groups excluding carboxylic acids is 1. The fourth-order valence-electron chi connectivity index (χ4n) is 5.20. The lowest BCUT2D eigenvalue weighted by Gasteiger charge is -2.36. The number of amides is 1. The van der Waals surface area contributed by atoms with Crippen molar-refractivity contribution in [3.05, 3.63) is 47.1 Å². The van der Waals surface area contributed by atoms with Gasteiger partial charge in [-0.1, -0.05) is 0 Å². The molecule has 36 heavy (non-hydrogen) atoms. The molecular formula is C26H36N6O4. The SMILES string of the molecule is CN(C)CC1CCN(c2cncc(N3CCCC(C(=O)Nc4ccc(=O)n(CC(=O)O)c4)C3)c2)CC1. The average Bonchev–Trinajstić information content (AvgIpc) is 2.86. The van der Waals surface area contributed by atoms with E-state index >= 15 is 0 Å². The molecule has 2 fully saturated rings. The maximum Gasteiger partial charge on any atom is 0.323 e. The van der Waals surface area contributed by atoms with E-state index in [1.54, 1.807) is 0 Å². The number of rotatable bonds is 8. The number of aromatic nitrogens is 2. The zero-order chi connectivity index (χ0) is 25.7. The van der Waals surface area contributed by atoms with Gasteiger partial charge in [0.05, 0.1) is 35.4 Å². The maximum atomic E-state index is 13.0. The van der Waals surface area contributed by atoms with Gasteiger partial charge in [0.1, 0.15) is 6.54 Å². The summed E-state index contributed by atoms with van der Waals surface area (Å²) in [6, 6.07) is 4.96. The molecule has 10 nitrogen and oxygen atoms in total. The summed E-state index contributed by atoms with van der Waals surface area (Å²) in [5.41, 5.74) is 2.14. The van der Waals surface area contributed by atoms with Gasteiger partial charge in [-0.25, -0.2) is 0 Å².